The minimum Gasteiger partial charge on any atom is -0.480 e. The van der Waals surface area contributed by atoms with Crippen LogP contribution in [-0.4, -0.2) is 79.3 Å². The van der Waals surface area contributed by atoms with Crippen LogP contribution in [0.4, 0.5) is 5.82 Å². The third-order valence-electron chi connectivity index (χ3n) is 4.99. The number of carbonyl (C=O) groups is 5. The topological polar surface area (TPSA) is 300 Å². The van der Waals surface area contributed by atoms with Crippen molar-refractivity contribution in [1.29, 1.82) is 0 Å². The summed E-state index contributed by atoms with van der Waals surface area (Å²) in [6.07, 6.45) is 2.44. The molecule has 2 unspecified atom stereocenters. The van der Waals surface area contributed by atoms with E-state index in [0.29, 0.717) is 5.69 Å². The maximum atomic E-state index is 13.0. The van der Waals surface area contributed by atoms with Crippen molar-refractivity contribution in [2.24, 2.45) is 17.2 Å². The number of nitrogens with two attached hydrogens (primary N) is 4. The van der Waals surface area contributed by atoms with Gasteiger partial charge in [-0.15, -0.1) is 0 Å². The standard InChI is InChI=1S/C20H29N11O6/c1-8(20(36)37)28-18(34)12(2-9-5-25-7-27-9)30-19(35)13-3-14(22)31-17(29-13)11(4-15(23)32)26-6-10(21)16(24)33/h3,5,7-8,10-12,26H,2,4,6,21H2,1H3,(H2,23,32)(H2,24,33)(H,25,27)(H,28,34)(H,30,35)(H,36,37)(H2,22,29,31)/t8-,10-,11?,12?/m0/s1. The molecule has 0 bridgehead atoms. The second-order valence-corrected chi connectivity index (χ2v) is 8.05. The number of hydrogen-bond acceptors (Lipinski definition) is 11. The van der Waals surface area contributed by atoms with Gasteiger partial charge < -0.3 is 49.0 Å². The highest BCUT2D eigenvalue weighted by Gasteiger charge is 2.27. The fraction of sp³-hybridized carbons (Fsp3) is 0.400. The number of aliphatic carboxylic acids is 1. The number of carboxylic acids is 1. The Bertz CT molecular complexity index is 1140. The number of rotatable bonds is 14. The van der Waals surface area contributed by atoms with Crippen molar-refractivity contribution in [2.45, 2.75) is 43.9 Å². The van der Waals surface area contributed by atoms with Gasteiger partial charge in [0.15, 0.2) is 0 Å². The highest BCUT2D eigenvalue weighted by atomic mass is 16.4. The molecule has 0 aliphatic carbocycles. The van der Waals surface area contributed by atoms with Gasteiger partial charge in [0.05, 0.1) is 18.4 Å². The summed E-state index contributed by atoms with van der Waals surface area (Å²) in [5.74, 6) is -4.66. The van der Waals surface area contributed by atoms with Crippen LogP contribution in [-0.2, 0) is 25.6 Å². The third kappa shape index (κ3) is 8.82. The molecule has 0 saturated carbocycles. The molecule has 37 heavy (non-hydrogen) atoms. The number of carbonyl (C=O) groups excluding carboxylic acids is 4. The molecule has 0 radical (unpaired) electrons. The van der Waals surface area contributed by atoms with Gasteiger partial charge in [0.2, 0.25) is 17.7 Å². The molecule has 17 nitrogen and oxygen atoms in total. The van der Waals surface area contributed by atoms with E-state index in [0.717, 1.165) is 6.07 Å². The zero-order chi connectivity index (χ0) is 27.7. The van der Waals surface area contributed by atoms with E-state index in [4.69, 9.17) is 28.0 Å². The SMILES string of the molecule is C[C@H](NC(=O)C(Cc1cnc[nH]1)NC(=O)c1cc(N)nc(C(CC(N)=O)NC[C@H](N)C(N)=O)n1)C(=O)O. The second-order valence-electron chi connectivity index (χ2n) is 8.05. The van der Waals surface area contributed by atoms with Crippen molar-refractivity contribution in [3.63, 3.8) is 0 Å². The highest BCUT2D eigenvalue weighted by molar-refractivity contribution is 5.97. The lowest BCUT2D eigenvalue weighted by Gasteiger charge is -2.21. The summed E-state index contributed by atoms with van der Waals surface area (Å²) in [6, 6.07) is -3.36. The van der Waals surface area contributed by atoms with Crippen molar-refractivity contribution in [3.8, 4) is 0 Å². The number of imidazole rings is 1. The predicted octanol–water partition coefficient (Wildman–Crippen LogP) is -3.97. The van der Waals surface area contributed by atoms with Gasteiger partial charge in [-0.25, -0.2) is 15.0 Å². The van der Waals surface area contributed by atoms with E-state index in [2.05, 4.69) is 35.9 Å². The zero-order valence-corrected chi connectivity index (χ0v) is 19.8. The Labute approximate surface area is 210 Å². The predicted molar refractivity (Wildman–Crippen MR) is 127 cm³/mol. The van der Waals surface area contributed by atoms with Crippen LogP contribution in [0.15, 0.2) is 18.6 Å². The average Bonchev–Trinajstić information content (AvgIpc) is 3.33. The first-order valence-corrected chi connectivity index (χ1v) is 10.9. The number of primary amides is 2. The fourth-order valence-corrected chi connectivity index (χ4v) is 3.02. The summed E-state index contributed by atoms with van der Waals surface area (Å²) in [7, 11) is 0. The summed E-state index contributed by atoms with van der Waals surface area (Å²) in [4.78, 5) is 74.5. The van der Waals surface area contributed by atoms with E-state index in [1.165, 1.54) is 19.4 Å². The molecule has 17 heteroatoms. The van der Waals surface area contributed by atoms with Gasteiger partial charge in [0.1, 0.15) is 29.4 Å². The zero-order valence-electron chi connectivity index (χ0n) is 19.8. The lowest BCUT2D eigenvalue weighted by molar-refractivity contribution is -0.141. The number of carboxylic acid groups (broad SMARTS) is 1. The minimum absolute atomic E-state index is 0.0474. The maximum Gasteiger partial charge on any atom is 0.325 e. The van der Waals surface area contributed by atoms with Crippen LogP contribution < -0.4 is 38.9 Å². The van der Waals surface area contributed by atoms with Crippen LogP contribution in [0.2, 0.25) is 0 Å². The van der Waals surface area contributed by atoms with E-state index in [9.17, 15) is 24.0 Å². The van der Waals surface area contributed by atoms with Gasteiger partial charge in [-0.2, -0.15) is 0 Å². The molecule has 0 spiro atoms. The Balaban J connectivity index is 2.29. The first-order chi connectivity index (χ1) is 17.4. The van der Waals surface area contributed by atoms with Gasteiger partial charge in [-0.3, -0.25) is 24.0 Å². The third-order valence-corrected chi connectivity index (χ3v) is 4.99. The Morgan fingerprint density at radius 3 is 2.41 bits per heavy atom. The largest absolute Gasteiger partial charge is 0.480 e. The number of nitrogens with zero attached hydrogens (tertiary/aromatic N) is 3. The van der Waals surface area contributed by atoms with E-state index >= 15 is 0 Å². The molecular weight excluding hydrogens is 490 g/mol. The summed E-state index contributed by atoms with van der Waals surface area (Å²) < 4.78 is 0. The van der Waals surface area contributed by atoms with E-state index in [1.807, 2.05) is 0 Å². The number of nitrogen functional groups attached to an aromatic ring is 1. The number of hydrogen-bond donors (Lipinski definition) is 9. The summed E-state index contributed by atoms with van der Waals surface area (Å²) in [6.45, 7) is 1.11. The van der Waals surface area contributed by atoms with Gasteiger partial charge in [0.25, 0.3) is 5.91 Å². The van der Waals surface area contributed by atoms with E-state index < -0.39 is 53.8 Å². The van der Waals surface area contributed by atoms with Gasteiger partial charge in [-0.05, 0) is 6.92 Å². The molecule has 0 saturated heterocycles. The number of aromatic nitrogens is 4. The normalized spacial score (nSPS) is 14.1. The Morgan fingerprint density at radius 1 is 1.14 bits per heavy atom. The maximum absolute atomic E-state index is 13.0. The van der Waals surface area contributed by atoms with Crippen LogP contribution in [0.3, 0.4) is 0 Å². The van der Waals surface area contributed by atoms with Crippen LogP contribution in [0.5, 0.6) is 0 Å². The average molecular weight is 520 g/mol. The molecule has 2 aromatic heterocycles. The van der Waals surface area contributed by atoms with Gasteiger partial charge in [0, 0.05) is 37.3 Å². The molecule has 200 valence electrons. The van der Waals surface area contributed by atoms with Crippen LogP contribution in [0.1, 0.15) is 41.4 Å². The first-order valence-electron chi connectivity index (χ1n) is 10.9. The second kappa shape index (κ2) is 12.9. The number of aromatic amines is 1. The fourth-order valence-electron chi connectivity index (χ4n) is 3.02. The van der Waals surface area contributed by atoms with E-state index in [1.54, 1.807) is 0 Å². The monoisotopic (exact) mass is 519 g/mol. The van der Waals surface area contributed by atoms with Crippen molar-refractivity contribution in [2.75, 3.05) is 12.3 Å². The molecule has 13 N–H and O–H groups in total. The minimum atomic E-state index is -1.27. The smallest absolute Gasteiger partial charge is 0.325 e. The molecule has 2 rings (SSSR count). The van der Waals surface area contributed by atoms with Crippen LogP contribution in [0, 0.1) is 0 Å². The van der Waals surface area contributed by atoms with Gasteiger partial charge >= 0.3 is 5.97 Å². The lowest BCUT2D eigenvalue weighted by Crippen LogP contribution is -2.52. The molecule has 0 aliphatic rings. The molecule has 0 aromatic carbocycles. The van der Waals surface area contributed by atoms with Crippen LogP contribution >= 0.6 is 0 Å². The van der Waals surface area contributed by atoms with Crippen LogP contribution in [0.25, 0.3) is 0 Å². The number of nitrogens with one attached hydrogen (secondary N) is 4. The van der Waals surface area contributed by atoms with Crippen molar-refractivity contribution < 1.29 is 29.1 Å². The Hall–Kier alpha value is -4.64. The molecule has 4 amide bonds. The molecule has 4 atom stereocenters. The molecule has 0 fully saturated rings. The molecule has 0 aliphatic heterocycles. The summed E-state index contributed by atoms with van der Waals surface area (Å²) >= 11 is 0. The first kappa shape index (κ1) is 28.6. The molecular formula is C20H29N11O6. The highest BCUT2D eigenvalue weighted by Crippen LogP contribution is 2.15. The van der Waals surface area contributed by atoms with E-state index in [-0.39, 0.29) is 36.7 Å². The molecule has 2 heterocycles. The lowest BCUT2D eigenvalue weighted by atomic mass is 10.1. The van der Waals surface area contributed by atoms with Gasteiger partial charge in [-0.1, -0.05) is 0 Å². The number of amides is 4. The van der Waals surface area contributed by atoms with Crippen molar-refractivity contribution in [1.82, 2.24) is 35.9 Å². The molecule has 2 aromatic rings. The Kier molecular flexibility index (Phi) is 9.96. The summed E-state index contributed by atoms with van der Waals surface area (Å²) in [5.41, 5.74) is 22.1. The summed E-state index contributed by atoms with van der Waals surface area (Å²) in [5, 5.41) is 16.7. The number of anilines is 1. The Morgan fingerprint density at radius 2 is 1.84 bits per heavy atom. The quantitative estimate of drug-likeness (QED) is 0.115. The number of H-pyrrole nitrogens is 1. The van der Waals surface area contributed by atoms with Crippen molar-refractivity contribution in [3.05, 3.63) is 35.8 Å². The van der Waals surface area contributed by atoms with Crippen molar-refractivity contribution >= 4 is 35.4 Å².